The standard InChI is InChI=1S/C34H23N3S/c1-2-31-36-27-14-7-15-30-34(27)37(31)28-19-21(16-17-29(28)38-30)32-23-10-3-5-12-25(23)33(22-9-8-18-35-20-22)26-13-6-4-11-24(26)32/h3-20H,2H2,1H3. The number of pyridine rings is 1. The van der Waals surface area contributed by atoms with E-state index >= 15 is 0 Å². The van der Waals surface area contributed by atoms with Crippen molar-refractivity contribution in [3.8, 4) is 27.9 Å². The first-order chi connectivity index (χ1) is 18.8. The van der Waals surface area contributed by atoms with Crippen molar-refractivity contribution in [1.82, 2.24) is 14.5 Å². The van der Waals surface area contributed by atoms with Gasteiger partial charge < -0.3 is 0 Å². The number of nitrogens with zero attached hydrogens (tertiary/aromatic N) is 3. The van der Waals surface area contributed by atoms with E-state index < -0.39 is 0 Å². The molecule has 7 aromatic rings. The summed E-state index contributed by atoms with van der Waals surface area (Å²) in [4.78, 5) is 12.0. The zero-order valence-corrected chi connectivity index (χ0v) is 21.7. The third-order valence-corrected chi connectivity index (χ3v) is 8.73. The van der Waals surface area contributed by atoms with E-state index in [9.17, 15) is 0 Å². The highest BCUT2D eigenvalue weighted by Crippen LogP contribution is 2.47. The molecule has 3 nitrogen and oxygen atoms in total. The molecule has 0 atom stereocenters. The summed E-state index contributed by atoms with van der Waals surface area (Å²) in [5.41, 5.74) is 8.37. The van der Waals surface area contributed by atoms with Crippen molar-refractivity contribution in [2.24, 2.45) is 0 Å². The number of imidazole rings is 1. The molecule has 0 bridgehead atoms. The van der Waals surface area contributed by atoms with Gasteiger partial charge in [0.1, 0.15) is 5.82 Å². The molecule has 1 aliphatic heterocycles. The predicted octanol–water partition coefficient (Wildman–Crippen LogP) is 9.09. The van der Waals surface area contributed by atoms with E-state index in [0.29, 0.717) is 0 Å². The zero-order valence-electron chi connectivity index (χ0n) is 20.8. The Bertz CT molecular complexity index is 1980. The van der Waals surface area contributed by atoms with Gasteiger partial charge in [-0.2, -0.15) is 0 Å². The smallest absolute Gasteiger partial charge is 0.114 e. The second-order valence-electron chi connectivity index (χ2n) is 9.71. The van der Waals surface area contributed by atoms with Crippen LogP contribution in [0.15, 0.2) is 119 Å². The number of para-hydroxylation sites is 1. The molecule has 0 aliphatic carbocycles. The minimum absolute atomic E-state index is 0.883. The monoisotopic (exact) mass is 505 g/mol. The number of hydrogen-bond acceptors (Lipinski definition) is 3. The molecular formula is C34H23N3S. The number of rotatable bonds is 3. The normalized spacial score (nSPS) is 12.3. The van der Waals surface area contributed by atoms with Crippen LogP contribution in [0.4, 0.5) is 0 Å². The molecule has 38 heavy (non-hydrogen) atoms. The highest BCUT2D eigenvalue weighted by molar-refractivity contribution is 7.99. The van der Waals surface area contributed by atoms with Crippen LogP contribution < -0.4 is 0 Å². The van der Waals surface area contributed by atoms with Crippen LogP contribution >= 0.6 is 11.8 Å². The van der Waals surface area contributed by atoms with Crippen LogP contribution in [0.1, 0.15) is 12.7 Å². The summed E-state index contributed by atoms with van der Waals surface area (Å²) in [6, 6.07) is 35.1. The molecule has 0 N–H and O–H groups in total. The fourth-order valence-electron chi connectivity index (χ4n) is 6.04. The minimum Gasteiger partial charge on any atom is -0.294 e. The van der Waals surface area contributed by atoms with Crippen LogP contribution in [0.25, 0.3) is 60.5 Å². The van der Waals surface area contributed by atoms with Gasteiger partial charge in [0.2, 0.25) is 0 Å². The van der Waals surface area contributed by atoms with Crippen molar-refractivity contribution < 1.29 is 0 Å². The number of aromatic nitrogens is 3. The van der Waals surface area contributed by atoms with Crippen LogP contribution in [0.5, 0.6) is 0 Å². The zero-order chi connectivity index (χ0) is 25.2. The van der Waals surface area contributed by atoms with E-state index in [2.05, 4.69) is 107 Å². The summed E-state index contributed by atoms with van der Waals surface area (Å²) in [6.45, 7) is 2.19. The molecule has 0 unspecified atom stereocenters. The van der Waals surface area contributed by atoms with Crippen LogP contribution in [0.2, 0.25) is 0 Å². The van der Waals surface area contributed by atoms with Gasteiger partial charge in [0, 0.05) is 34.2 Å². The third-order valence-electron chi connectivity index (χ3n) is 7.62. The van der Waals surface area contributed by atoms with Crippen molar-refractivity contribution in [3.05, 3.63) is 115 Å². The number of fused-ring (bicyclic) bond motifs is 4. The molecule has 0 spiro atoms. The molecule has 0 saturated heterocycles. The second-order valence-corrected chi connectivity index (χ2v) is 10.8. The van der Waals surface area contributed by atoms with Gasteiger partial charge in [-0.15, -0.1) is 0 Å². The molecule has 4 heteroatoms. The van der Waals surface area contributed by atoms with E-state index in [-0.39, 0.29) is 0 Å². The Kier molecular flexibility index (Phi) is 4.73. The predicted molar refractivity (Wildman–Crippen MR) is 158 cm³/mol. The quantitative estimate of drug-likeness (QED) is 0.224. The average molecular weight is 506 g/mol. The van der Waals surface area contributed by atoms with E-state index in [1.807, 2.05) is 30.2 Å². The first kappa shape index (κ1) is 21.7. The Balaban J connectivity index is 1.46. The Morgan fingerprint density at radius 3 is 2.05 bits per heavy atom. The molecule has 8 rings (SSSR count). The number of aryl methyl sites for hydroxylation is 1. The summed E-state index contributed by atoms with van der Waals surface area (Å²) in [5, 5.41) is 4.98. The largest absolute Gasteiger partial charge is 0.294 e. The van der Waals surface area contributed by atoms with E-state index in [4.69, 9.17) is 4.98 Å². The Labute approximate surface area is 224 Å². The first-order valence-electron chi connectivity index (χ1n) is 13.0. The molecule has 0 radical (unpaired) electrons. The van der Waals surface area contributed by atoms with Crippen molar-refractivity contribution in [3.63, 3.8) is 0 Å². The van der Waals surface area contributed by atoms with Gasteiger partial charge in [-0.1, -0.05) is 85.4 Å². The van der Waals surface area contributed by atoms with Gasteiger partial charge in [-0.3, -0.25) is 9.55 Å². The summed E-state index contributed by atoms with van der Waals surface area (Å²) in [6.07, 6.45) is 4.69. The van der Waals surface area contributed by atoms with Crippen LogP contribution in [0, 0.1) is 0 Å². The summed E-state index contributed by atoms with van der Waals surface area (Å²) in [5.74, 6) is 1.10. The molecular weight excluding hydrogens is 482 g/mol. The SMILES string of the molecule is CCc1nc2cccc3c2n1-c1cc(-c2c4ccccc4c(-c4cccnc4)c4ccccc24)ccc1S3. The van der Waals surface area contributed by atoms with Gasteiger partial charge in [-0.25, -0.2) is 4.98 Å². The van der Waals surface area contributed by atoms with E-state index in [0.717, 1.165) is 23.3 Å². The molecule has 5 aromatic carbocycles. The fourth-order valence-corrected chi connectivity index (χ4v) is 7.10. The molecule has 0 saturated carbocycles. The van der Waals surface area contributed by atoms with Crippen LogP contribution in [-0.4, -0.2) is 14.5 Å². The fraction of sp³-hybridized carbons (Fsp3) is 0.0588. The summed E-state index contributed by atoms with van der Waals surface area (Å²) >= 11 is 1.84. The highest BCUT2D eigenvalue weighted by atomic mass is 32.2. The van der Waals surface area contributed by atoms with Crippen molar-refractivity contribution >= 4 is 44.3 Å². The van der Waals surface area contributed by atoms with Gasteiger partial charge in [0.25, 0.3) is 0 Å². The van der Waals surface area contributed by atoms with Crippen LogP contribution in [-0.2, 0) is 6.42 Å². The van der Waals surface area contributed by atoms with Crippen molar-refractivity contribution in [2.75, 3.05) is 0 Å². The molecule has 1 aliphatic rings. The Morgan fingerprint density at radius 2 is 1.39 bits per heavy atom. The molecule has 180 valence electrons. The Morgan fingerprint density at radius 1 is 0.684 bits per heavy atom. The maximum absolute atomic E-state index is 4.99. The minimum atomic E-state index is 0.883. The maximum atomic E-state index is 4.99. The van der Waals surface area contributed by atoms with Crippen LogP contribution in [0.3, 0.4) is 0 Å². The molecule has 2 aromatic heterocycles. The summed E-state index contributed by atoms with van der Waals surface area (Å²) in [7, 11) is 0. The lowest BCUT2D eigenvalue weighted by Crippen LogP contribution is -2.06. The Hall–Kier alpha value is -4.41. The van der Waals surface area contributed by atoms with Gasteiger partial charge in [0.15, 0.2) is 0 Å². The topological polar surface area (TPSA) is 30.7 Å². The third kappa shape index (κ3) is 3.04. The van der Waals surface area contributed by atoms with Crippen molar-refractivity contribution in [1.29, 1.82) is 0 Å². The second kappa shape index (κ2) is 8.30. The van der Waals surface area contributed by atoms with E-state index in [1.165, 1.54) is 59.2 Å². The number of benzene rings is 5. The van der Waals surface area contributed by atoms with Crippen molar-refractivity contribution in [2.45, 2.75) is 23.1 Å². The highest BCUT2D eigenvalue weighted by Gasteiger charge is 2.24. The van der Waals surface area contributed by atoms with E-state index in [1.54, 1.807) is 0 Å². The average Bonchev–Trinajstić information content (AvgIpc) is 3.37. The lowest BCUT2D eigenvalue weighted by molar-refractivity contribution is 0.888. The summed E-state index contributed by atoms with van der Waals surface area (Å²) < 4.78 is 2.38. The number of hydrogen-bond donors (Lipinski definition) is 0. The molecule has 0 fully saturated rings. The van der Waals surface area contributed by atoms with Gasteiger partial charge in [0.05, 0.1) is 16.7 Å². The van der Waals surface area contributed by atoms with Gasteiger partial charge >= 0.3 is 0 Å². The van der Waals surface area contributed by atoms with Gasteiger partial charge in [-0.05, 0) is 68.6 Å². The molecule has 3 heterocycles. The lowest BCUT2D eigenvalue weighted by Gasteiger charge is -2.22. The first-order valence-corrected chi connectivity index (χ1v) is 13.8. The molecule has 0 amide bonds. The maximum Gasteiger partial charge on any atom is 0.114 e. The lowest BCUT2D eigenvalue weighted by atomic mass is 9.86.